The standard InChI is InChI=1S/C24H26BrN5O3/c1-24(2)9-17-19(18(31)10-24)16(8-7-15-6-5-14(25)12-26-15)20-21(28-17)29-30-22(20)33-23(32)27-11-13-3-4-13/h5-8,12-13,16H,3-4,9-11H2,1-2H3,(H,27,32)(H2,28,29,30)/b8-7+. The Bertz CT molecular complexity index is 1160. The molecule has 172 valence electrons. The normalized spacial score (nSPS) is 21.4. The Kier molecular flexibility index (Phi) is 5.60. The molecular weight excluding hydrogens is 486 g/mol. The number of hydrogen-bond donors (Lipinski definition) is 3. The van der Waals surface area contributed by atoms with Gasteiger partial charge in [0.2, 0.25) is 5.88 Å². The number of ether oxygens (including phenoxy) is 1. The molecule has 1 aliphatic heterocycles. The zero-order chi connectivity index (χ0) is 23.2. The SMILES string of the molecule is CC1(C)CC(=O)C2=C(C1)Nc1[nH]nc(OC(=O)NCC3CC3)c1C2/C=C/c1ccc(Br)cn1. The minimum Gasteiger partial charge on any atom is -0.389 e. The zero-order valence-electron chi connectivity index (χ0n) is 18.6. The van der Waals surface area contributed by atoms with Gasteiger partial charge in [0.05, 0.1) is 11.3 Å². The number of carbonyl (C=O) groups excluding carboxylic acids is 2. The quantitative estimate of drug-likeness (QED) is 0.524. The number of aromatic nitrogens is 3. The fraction of sp³-hybridized carbons (Fsp3) is 0.417. The van der Waals surface area contributed by atoms with Gasteiger partial charge in [-0.25, -0.2) is 4.79 Å². The lowest BCUT2D eigenvalue weighted by Gasteiger charge is -2.37. The van der Waals surface area contributed by atoms with Crippen molar-refractivity contribution in [2.24, 2.45) is 11.3 Å². The number of ketones is 1. The van der Waals surface area contributed by atoms with Crippen molar-refractivity contribution in [2.75, 3.05) is 11.9 Å². The Morgan fingerprint density at radius 3 is 2.88 bits per heavy atom. The maximum Gasteiger partial charge on any atom is 0.414 e. The minimum absolute atomic E-state index is 0.0863. The van der Waals surface area contributed by atoms with E-state index in [-0.39, 0.29) is 17.1 Å². The number of aromatic amines is 1. The second-order valence-electron chi connectivity index (χ2n) is 9.73. The third-order valence-electron chi connectivity index (χ3n) is 6.22. The van der Waals surface area contributed by atoms with Crippen LogP contribution in [0.25, 0.3) is 6.08 Å². The number of allylic oxidation sites excluding steroid dienone is 3. The number of carbonyl (C=O) groups is 2. The number of fused-ring (bicyclic) bond motifs is 1. The number of hydrogen-bond acceptors (Lipinski definition) is 6. The molecule has 0 aromatic carbocycles. The van der Waals surface area contributed by atoms with E-state index in [2.05, 4.69) is 55.6 Å². The summed E-state index contributed by atoms with van der Waals surface area (Å²) in [6, 6.07) is 3.80. The number of H-pyrrole nitrogens is 1. The average Bonchev–Trinajstić information content (AvgIpc) is 3.50. The molecule has 3 aliphatic rings. The maximum absolute atomic E-state index is 13.3. The summed E-state index contributed by atoms with van der Waals surface area (Å²) in [7, 11) is 0. The zero-order valence-corrected chi connectivity index (χ0v) is 20.2. The van der Waals surface area contributed by atoms with E-state index in [1.807, 2.05) is 24.3 Å². The molecule has 0 bridgehead atoms. The van der Waals surface area contributed by atoms with Crippen LogP contribution < -0.4 is 15.4 Å². The summed E-state index contributed by atoms with van der Waals surface area (Å²) in [4.78, 5) is 30.0. The van der Waals surface area contributed by atoms with Crippen LogP contribution in [-0.2, 0) is 4.79 Å². The van der Waals surface area contributed by atoms with Crippen LogP contribution >= 0.6 is 15.9 Å². The summed E-state index contributed by atoms with van der Waals surface area (Å²) >= 11 is 3.40. The van der Waals surface area contributed by atoms with Crippen LogP contribution in [-0.4, -0.2) is 33.6 Å². The van der Waals surface area contributed by atoms with Gasteiger partial charge in [-0.15, -0.1) is 5.10 Å². The van der Waals surface area contributed by atoms with Gasteiger partial charge < -0.3 is 15.4 Å². The van der Waals surface area contributed by atoms with Crippen LogP contribution in [0.1, 0.15) is 56.7 Å². The summed E-state index contributed by atoms with van der Waals surface area (Å²) in [5, 5.41) is 13.3. The van der Waals surface area contributed by atoms with Gasteiger partial charge in [0.15, 0.2) is 5.78 Å². The molecule has 1 fully saturated rings. The molecule has 0 spiro atoms. The summed E-state index contributed by atoms with van der Waals surface area (Å²) < 4.78 is 6.45. The largest absolute Gasteiger partial charge is 0.414 e. The predicted octanol–water partition coefficient (Wildman–Crippen LogP) is 4.93. The van der Waals surface area contributed by atoms with Crippen molar-refractivity contribution < 1.29 is 14.3 Å². The molecule has 2 aliphatic carbocycles. The lowest BCUT2D eigenvalue weighted by atomic mass is 9.70. The van der Waals surface area contributed by atoms with E-state index in [1.54, 1.807) is 6.20 Å². The van der Waals surface area contributed by atoms with Gasteiger partial charge in [-0.3, -0.25) is 14.9 Å². The van der Waals surface area contributed by atoms with Gasteiger partial charge in [-0.2, -0.15) is 0 Å². The minimum atomic E-state index is -0.538. The first-order chi connectivity index (χ1) is 15.8. The topological polar surface area (TPSA) is 109 Å². The van der Waals surface area contributed by atoms with Crippen LogP contribution in [0.15, 0.2) is 40.1 Å². The Morgan fingerprint density at radius 1 is 1.33 bits per heavy atom. The fourth-order valence-corrected chi connectivity index (χ4v) is 4.68. The summed E-state index contributed by atoms with van der Waals surface area (Å²) in [6.07, 6.45) is 8.47. The van der Waals surface area contributed by atoms with Crippen LogP contribution in [0, 0.1) is 11.3 Å². The van der Waals surface area contributed by atoms with Crippen molar-refractivity contribution >= 4 is 39.7 Å². The van der Waals surface area contributed by atoms with E-state index in [4.69, 9.17) is 4.74 Å². The number of amides is 1. The first-order valence-corrected chi connectivity index (χ1v) is 12.0. The van der Waals surface area contributed by atoms with E-state index < -0.39 is 12.0 Å². The third-order valence-corrected chi connectivity index (χ3v) is 6.69. The Balaban J connectivity index is 1.49. The van der Waals surface area contributed by atoms with Crippen molar-refractivity contribution in [1.29, 1.82) is 0 Å². The molecule has 0 radical (unpaired) electrons. The highest BCUT2D eigenvalue weighted by Gasteiger charge is 2.41. The van der Waals surface area contributed by atoms with Gasteiger partial charge in [0, 0.05) is 40.8 Å². The van der Waals surface area contributed by atoms with E-state index in [9.17, 15) is 9.59 Å². The Hall–Kier alpha value is -2.94. The summed E-state index contributed by atoms with van der Waals surface area (Å²) in [6.45, 7) is 4.79. The van der Waals surface area contributed by atoms with Crippen molar-refractivity contribution in [3.05, 3.63) is 51.4 Å². The molecule has 8 nitrogen and oxygen atoms in total. The molecular formula is C24H26BrN5O3. The lowest BCUT2D eigenvalue weighted by molar-refractivity contribution is -0.118. The molecule has 3 heterocycles. The fourth-order valence-electron chi connectivity index (χ4n) is 4.44. The maximum atomic E-state index is 13.3. The second-order valence-corrected chi connectivity index (χ2v) is 10.6. The number of nitrogens with one attached hydrogen (secondary N) is 3. The predicted molar refractivity (Wildman–Crippen MR) is 128 cm³/mol. The van der Waals surface area contributed by atoms with Gasteiger partial charge in [0.25, 0.3) is 0 Å². The van der Waals surface area contributed by atoms with Gasteiger partial charge in [0.1, 0.15) is 5.82 Å². The van der Waals surface area contributed by atoms with E-state index in [0.29, 0.717) is 35.8 Å². The lowest BCUT2D eigenvalue weighted by Crippen LogP contribution is -2.33. The van der Waals surface area contributed by atoms with Crippen LogP contribution in [0.2, 0.25) is 0 Å². The molecule has 2 aromatic rings. The number of anilines is 1. The smallest absolute Gasteiger partial charge is 0.389 e. The Morgan fingerprint density at radius 2 is 2.15 bits per heavy atom. The number of nitrogens with zero attached hydrogens (tertiary/aromatic N) is 2. The summed E-state index contributed by atoms with van der Waals surface area (Å²) in [5.41, 5.74) is 2.86. The van der Waals surface area contributed by atoms with Gasteiger partial charge in [-0.1, -0.05) is 19.9 Å². The molecule has 1 saturated carbocycles. The van der Waals surface area contributed by atoms with Crippen LogP contribution in [0.4, 0.5) is 10.6 Å². The monoisotopic (exact) mass is 511 g/mol. The number of halogens is 1. The first kappa shape index (κ1) is 21.9. The molecule has 2 aromatic heterocycles. The number of rotatable bonds is 5. The van der Waals surface area contributed by atoms with Crippen molar-refractivity contribution in [3.63, 3.8) is 0 Å². The highest BCUT2D eigenvalue weighted by atomic mass is 79.9. The van der Waals surface area contributed by atoms with E-state index in [0.717, 1.165) is 35.1 Å². The van der Waals surface area contributed by atoms with Crippen molar-refractivity contribution in [3.8, 4) is 5.88 Å². The second kappa shape index (κ2) is 8.44. The van der Waals surface area contributed by atoms with E-state index in [1.165, 1.54) is 0 Å². The highest BCUT2D eigenvalue weighted by Crippen LogP contribution is 2.49. The van der Waals surface area contributed by atoms with E-state index >= 15 is 0 Å². The summed E-state index contributed by atoms with van der Waals surface area (Å²) in [5.74, 6) is 1.03. The third kappa shape index (κ3) is 4.73. The molecule has 33 heavy (non-hydrogen) atoms. The molecule has 5 rings (SSSR count). The van der Waals surface area contributed by atoms with Crippen molar-refractivity contribution in [1.82, 2.24) is 20.5 Å². The van der Waals surface area contributed by atoms with Crippen LogP contribution in [0.5, 0.6) is 5.88 Å². The molecule has 1 unspecified atom stereocenters. The first-order valence-electron chi connectivity index (χ1n) is 11.2. The number of Topliss-reactive ketones (excluding diaryl/α,β-unsaturated/α-hetero) is 1. The molecule has 1 atom stereocenters. The highest BCUT2D eigenvalue weighted by molar-refractivity contribution is 9.10. The van der Waals surface area contributed by atoms with Gasteiger partial charge in [-0.05, 0) is 64.7 Å². The molecule has 0 saturated heterocycles. The average molecular weight is 512 g/mol. The van der Waals surface area contributed by atoms with Gasteiger partial charge >= 0.3 is 6.09 Å². The molecule has 1 amide bonds. The number of pyridine rings is 1. The Labute approximate surface area is 200 Å². The molecule has 3 N–H and O–H groups in total. The molecule has 9 heteroatoms. The van der Waals surface area contributed by atoms with Crippen molar-refractivity contribution in [2.45, 2.75) is 45.4 Å². The van der Waals surface area contributed by atoms with Crippen LogP contribution in [0.3, 0.4) is 0 Å².